The molecule has 0 aromatic rings. The minimum absolute atomic E-state index is 0.121. The number of carbonyl (C=O) groups excluding carboxylic acids is 1. The maximum absolute atomic E-state index is 11.9. The molecular weight excluding hydrogens is 162 g/mol. The summed E-state index contributed by atoms with van der Waals surface area (Å²) in [6, 6.07) is 0.121. The van der Waals surface area contributed by atoms with Gasteiger partial charge in [0.25, 0.3) is 0 Å². The summed E-state index contributed by atoms with van der Waals surface area (Å²) in [7, 11) is 0. The van der Waals surface area contributed by atoms with E-state index in [0.717, 1.165) is 19.3 Å². The molecule has 2 rings (SSSR count). The van der Waals surface area contributed by atoms with Crippen molar-refractivity contribution in [2.24, 2.45) is 17.6 Å². The van der Waals surface area contributed by atoms with E-state index in [-0.39, 0.29) is 12.0 Å². The lowest BCUT2D eigenvalue weighted by molar-refractivity contribution is -0.125. The maximum Gasteiger partial charge on any atom is 0.142 e. The lowest BCUT2D eigenvalue weighted by Crippen LogP contribution is -2.23. The van der Waals surface area contributed by atoms with Crippen molar-refractivity contribution in [3.63, 3.8) is 0 Å². The molecule has 0 amide bonds. The van der Waals surface area contributed by atoms with Gasteiger partial charge in [-0.15, -0.1) is 0 Å². The van der Waals surface area contributed by atoms with Crippen LogP contribution >= 0.6 is 0 Å². The molecule has 0 aromatic heterocycles. The van der Waals surface area contributed by atoms with Crippen molar-refractivity contribution < 1.29 is 4.79 Å². The first-order valence-corrected chi connectivity index (χ1v) is 5.25. The second-order valence-electron chi connectivity index (χ2n) is 4.27. The largest absolute Gasteiger partial charge is 0.324 e. The van der Waals surface area contributed by atoms with Crippen LogP contribution in [0.4, 0.5) is 0 Å². The molecule has 0 spiro atoms. The van der Waals surface area contributed by atoms with E-state index in [9.17, 15) is 4.79 Å². The third kappa shape index (κ3) is 1.83. The Morgan fingerprint density at radius 2 is 1.92 bits per heavy atom. The molecular formula is C11H17NO. The molecule has 0 saturated heterocycles. The second kappa shape index (κ2) is 3.62. The molecule has 2 N–H and O–H groups in total. The van der Waals surface area contributed by atoms with Crippen LogP contribution in [-0.4, -0.2) is 11.8 Å². The highest BCUT2D eigenvalue weighted by atomic mass is 16.1. The summed E-state index contributed by atoms with van der Waals surface area (Å²) in [4.78, 5) is 11.9. The van der Waals surface area contributed by atoms with Gasteiger partial charge in [0.1, 0.15) is 5.78 Å². The highest BCUT2D eigenvalue weighted by Crippen LogP contribution is 2.31. The van der Waals surface area contributed by atoms with Gasteiger partial charge >= 0.3 is 0 Å². The fraction of sp³-hybridized carbons (Fsp3) is 0.727. The molecule has 0 bridgehead atoms. The van der Waals surface area contributed by atoms with Crippen LogP contribution in [0, 0.1) is 11.8 Å². The van der Waals surface area contributed by atoms with E-state index in [0.29, 0.717) is 11.7 Å². The van der Waals surface area contributed by atoms with Gasteiger partial charge in [-0.05, 0) is 19.3 Å². The highest BCUT2D eigenvalue weighted by molar-refractivity contribution is 5.85. The molecule has 0 aromatic carbocycles. The molecule has 13 heavy (non-hydrogen) atoms. The van der Waals surface area contributed by atoms with Gasteiger partial charge in [0.05, 0.1) is 0 Å². The van der Waals surface area contributed by atoms with E-state index in [4.69, 9.17) is 5.73 Å². The lowest BCUT2D eigenvalue weighted by Gasteiger charge is -2.13. The molecule has 2 heteroatoms. The van der Waals surface area contributed by atoms with Crippen molar-refractivity contribution in [3.05, 3.63) is 12.2 Å². The summed E-state index contributed by atoms with van der Waals surface area (Å²) in [6.45, 7) is 0. The first-order valence-electron chi connectivity index (χ1n) is 5.25. The van der Waals surface area contributed by atoms with Crippen molar-refractivity contribution in [1.29, 1.82) is 0 Å². The zero-order chi connectivity index (χ0) is 9.26. The minimum Gasteiger partial charge on any atom is -0.324 e. The Labute approximate surface area is 79.2 Å². The third-order valence-electron chi connectivity index (χ3n) is 3.24. The normalized spacial score (nSPS) is 34.2. The first kappa shape index (κ1) is 8.95. The summed E-state index contributed by atoms with van der Waals surface area (Å²) >= 11 is 0. The number of nitrogens with two attached hydrogens (primary N) is 1. The minimum atomic E-state index is 0.121. The summed E-state index contributed by atoms with van der Waals surface area (Å²) in [5.74, 6) is 0.930. The van der Waals surface area contributed by atoms with E-state index in [1.54, 1.807) is 0 Å². The van der Waals surface area contributed by atoms with Gasteiger partial charge in [-0.1, -0.05) is 25.0 Å². The number of rotatable bonds is 2. The van der Waals surface area contributed by atoms with Crippen LogP contribution < -0.4 is 5.73 Å². The van der Waals surface area contributed by atoms with Crippen molar-refractivity contribution in [3.8, 4) is 0 Å². The Kier molecular flexibility index (Phi) is 2.49. The smallest absolute Gasteiger partial charge is 0.142 e. The number of allylic oxidation sites excluding steroid dienone is 1. The molecule has 2 nitrogen and oxygen atoms in total. The summed E-state index contributed by atoms with van der Waals surface area (Å²) in [6.07, 6.45) is 9.51. The Bertz CT molecular complexity index is 228. The van der Waals surface area contributed by atoms with E-state index >= 15 is 0 Å². The number of hydrogen-bond donors (Lipinski definition) is 1. The van der Waals surface area contributed by atoms with Gasteiger partial charge in [-0.2, -0.15) is 0 Å². The van der Waals surface area contributed by atoms with Crippen molar-refractivity contribution >= 4 is 5.78 Å². The second-order valence-corrected chi connectivity index (χ2v) is 4.27. The van der Waals surface area contributed by atoms with Gasteiger partial charge in [-0.3, -0.25) is 4.79 Å². The number of carbonyl (C=O) groups is 1. The van der Waals surface area contributed by atoms with E-state index in [2.05, 4.69) is 0 Å². The Morgan fingerprint density at radius 3 is 2.46 bits per heavy atom. The lowest BCUT2D eigenvalue weighted by atomic mass is 9.91. The van der Waals surface area contributed by atoms with Crippen LogP contribution in [0.3, 0.4) is 0 Å². The van der Waals surface area contributed by atoms with Crippen molar-refractivity contribution in [1.82, 2.24) is 0 Å². The fourth-order valence-electron chi connectivity index (χ4n) is 2.45. The third-order valence-corrected chi connectivity index (χ3v) is 3.24. The summed E-state index contributed by atoms with van der Waals surface area (Å²) in [5.41, 5.74) is 5.72. The Hall–Kier alpha value is -0.630. The SMILES string of the molecule is NC1C=CC(C(=O)C2CCCC2)C1. The summed E-state index contributed by atoms with van der Waals surface area (Å²) in [5, 5.41) is 0. The van der Waals surface area contributed by atoms with Crippen LogP contribution in [0.15, 0.2) is 12.2 Å². The van der Waals surface area contributed by atoms with Crippen molar-refractivity contribution in [2.45, 2.75) is 38.1 Å². The van der Waals surface area contributed by atoms with Crippen LogP contribution in [-0.2, 0) is 4.79 Å². The molecule has 0 radical (unpaired) electrons. The maximum atomic E-state index is 11.9. The van der Waals surface area contributed by atoms with Crippen LogP contribution in [0.5, 0.6) is 0 Å². The number of ketones is 1. The van der Waals surface area contributed by atoms with Gasteiger partial charge in [0, 0.05) is 17.9 Å². The molecule has 1 saturated carbocycles. The number of Topliss-reactive ketones (excluding diaryl/α,β-unsaturated/α-hetero) is 1. The molecule has 2 unspecified atom stereocenters. The summed E-state index contributed by atoms with van der Waals surface area (Å²) < 4.78 is 0. The average molecular weight is 179 g/mol. The monoisotopic (exact) mass is 179 g/mol. The predicted molar refractivity (Wildman–Crippen MR) is 52.2 cm³/mol. The zero-order valence-corrected chi connectivity index (χ0v) is 7.91. The topological polar surface area (TPSA) is 43.1 Å². The fourth-order valence-corrected chi connectivity index (χ4v) is 2.45. The van der Waals surface area contributed by atoms with E-state index in [1.807, 2.05) is 12.2 Å². The molecule has 2 aliphatic rings. The van der Waals surface area contributed by atoms with Crippen LogP contribution in [0.2, 0.25) is 0 Å². The zero-order valence-electron chi connectivity index (χ0n) is 7.91. The van der Waals surface area contributed by atoms with Crippen molar-refractivity contribution in [2.75, 3.05) is 0 Å². The Morgan fingerprint density at radius 1 is 1.23 bits per heavy atom. The molecule has 0 aliphatic heterocycles. The predicted octanol–water partition coefficient (Wildman–Crippen LogP) is 1.65. The molecule has 72 valence electrons. The van der Waals surface area contributed by atoms with E-state index < -0.39 is 0 Å². The molecule has 2 atom stereocenters. The first-order chi connectivity index (χ1) is 6.27. The standard InChI is InChI=1S/C11H17NO/c12-10-6-5-9(7-10)11(13)8-3-1-2-4-8/h5-6,8-10H,1-4,7,12H2. The molecule has 0 heterocycles. The van der Waals surface area contributed by atoms with Gasteiger partial charge in [0.15, 0.2) is 0 Å². The van der Waals surface area contributed by atoms with Gasteiger partial charge in [-0.25, -0.2) is 0 Å². The van der Waals surface area contributed by atoms with Gasteiger partial charge in [0.2, 0.25) is 0 Å². The van der Waals surface area contributed by atoms with Crippen LogP contribution in [0.1, 0.15) is 32.1 Å². The van der Waals surface area contributed by atoms with E-state index in [1.165, 1.54) is 12.8 Å². The van der Waals surface area contributed by atoms with Gasteiger partial charge < -0.3 is 5.73 Å². The number of hydrogen-bond acceptors (Lipinski definition) is 2. The highest BCUT2D eigenvalue weighted by Gasteiger charge is 2.30. The quantitative estimate of drug-likeness (QED) is 0.655. The Balaban J connectivity index is 1.93. The average Bonchev–Trinajstić information content (AvgIpc) is 2.72. The molecule has 2 aliphatic carbocycles. The van der Waals surface area contributed by atoms with Crippen LogP contribution in [0.25, 0.3) is 0 Å². The molecule has 1 fully saturated rings.